The number of nitrogens with one attached hydrogen (secondary N) is 2. The molecule has 7 heteroatoms. The molecule has 0 aliphatic heterocycles. The van der Waals surface area contributed by atoms with Gasteiger partial charge in [-0.25, -0.2) is 0 Å². The van der Waals surface area contributed by atoms with E-state index in [2.05, 4.69) is 31.4 Å². The van der Waals surface area contributed by atoms with E-state index in [1.54, 1.807) is 19.9 Å². The van der Waals surface area contributed by atoms with Crippen molar-refractivity contribution in [1.82, 2.24) is 15.5 Å². The van der Waals surface area contributed by atoms with Gasteiger partial charge < -0.3 is 10.4 Å². The number of hydrogen-bond acceptors (Lipinski definition) is 3. The average molecular weight is 366 g/mol. The van der Waals surface area contributed by atoms with Gasteiger partial charge in [0.1, 0.15) is 5.69 Å². The van der Waals surface area contributed by atoms with Gasteiger partial charge in [0.25, 0.3) is 5.91 Å². The molecule has 2 unspecified atom stereocenters. The number of nitrogens with zero attached hydrogens (tertiary/aromatic N) is 1. The molecule has 0 saturated carbocycles. The predicted octanol–water partition coefficient (Wildman–Crippen LogP) is 2.68. The number of rotatable bonds is 5. The SMILES string of the molecule is CC(NC(=O)c1cc(-c2ccc(Br)cc2)n[nH]1)C(C)C(=O)O. The third-order valence-electron chi connectivity index (χ3n) is 3.46. The van der Waals surface area contributed by atoms with Crippen LogP contribution in [0.2, 0.25) is 0 Å². The van der Waals surface area contributed by atoms with Crippen LogP contribution in [0.1, 0.15) is 24.3 Å². The summed E-state index contributed by atoms with van der Waals surface area (Å²) in [4.78, 5) is 23.0. The fraction of sp³-hybridized carbons (Fsp3) is 0.267. The first-order chi connectivity index (χ1) is 10.4. The number of carboxylic acid groups (broad SMARTS) is 1. The van der Waals surface area contributed by atoms with Gasteiger partial charge in [0.05, 0.1) is 11.6 Å². The molecule has 0 aliphatic rings. The molecule has 2 atom stereocenters. The highest BCUT2D eigenvalue weighted by Crippen LogP contribution is 2.20. The highest BCUT2D eigenvalue weighted by atomic mass is 79.9. The average Bonchev–Trinajstić information content (AvgIpc) is 2.96. The van der Waals surface area contributed by atoms with Crippen LogP contribution in [0.3, 0.4) is 0 Å². The quantitative estimate of drug-likeness (QED) is 0.758. The first-order valence-electron chi connectivity index (χ1n) is 6.73. The van der Waals surface area contributed by atoms with E-state index in [-0.39, 0.29) is 5.91 Å². The fourth-order valence-corrected chi connectivity index (χ4v) is 2.09. The van der Waals surface area contributed by atoms with Crippen LogP contribution in [-0.4, -0.2) is 33.2 Å². The molecule has 0 aliphatic carbocycles. The molecular formula is C15H16BrN3O3. The summed E-state index contributed by atoms with van der Waals surface area (Å²) in [5, 5.41) is 18.4. The van der Waals surface area contributed by atoms with Gasteiger partial charge in [-0.3, -0.25) is 14.7 Å². The minimum Gasteiger partial charge on any atom is -0.481 e. The molecule has 2 aromatic rings. The lowest BCUT2D eigenvalue weighted by molar-refractivity contribution is -0.141. The van der Waals surface area contributed by atoms with Crippen LogP contribution < -0.4 is 5.32 Å². The second kappa shape index (κ2) is 6.74. The molecule has 2 rings (SSSR count). The second-order valence-corrected chi connectivity index (χ2v) is 5.98. The molecule has 1 aromatic heterocycles. The minimum absolute atomic E-state index is 0.294. The number of carbonyl (C=O) groups excluding carboxylic acids is 1. The van der Waals surface area contributed by atoms with E-state index < -0.39 is 17.9 Å². The fourth-order valence-electron chi connectivity index (χ4n) is 1.83. The first kappa shape index (κ1) is 16.2. The zero-order valence-corrected chi connectivity index (χ0v) is 13.7. The summed E-state index contributed by atoms with van der Waals surface area (Å²) < 4.78 is 0.959. The maximum Gasteiger partial charge on any atom is 0.308 e. The molecule has 0 fully saturated rings. The van der Waals surface area contributed by atoms with Gasteiger partial charge in [-0.2, -0.15) is 5.10 Å². The van der Waals surface area contributed by atoms with Crippen LogP contribution >= 0.6 is 15.9 Å². The third-order valence-corrected chi connectivity index (χ3v) is 3.99. The Kier molecular flexibility index (Phi) is 4.97. The summed E-state index contributed by atoms with van der Waals surface area (Å²) in [5.41, 5.74) is 1.82. The standard InChI is InChI=1S/C15H16BrN3O3/c1-8(15(21)22)9(2)17-14(20)13-7-12(18-19-13)10-3-5-11(16)6-4-10/h3-9H,1-2H3,(H,17,20)(H,18,19)(H,21,22). The highest BCUT2D eigenvalue weighted by molar-refractivity contribution is 9.10. The topological polar surface area (TPSA) is 95.1 Å². The number of halogens is 1. The van der Waals surface area contributed by atoms with Crippen LogP contribution in [0.4, 0.5) is 0 Å². The zero-order valence-electron chi connectivity index (χ0n) is 12.1. The van der Waals surface area contributed by atoms with Crippen LogP contribution in [0, 0.1) is 5.92 Å². The first-order valence-corrected chi connectivity index (χ1v) is 7.53. The number of H-pyrrole nitrogens is 1. The highest BCUT2D eigenvalue weighted by Gasteiger charge is 2.22. The molecule has 22 heavy (non-hydrogen) atoms. The van der Waals surface area contributed by atoms with Crippen LogP contribution in [0.25, 0.3) is 11.3 Å². The van der Waals surface area contributed by atoms with Gasteiger partial charge in [-0.05, 0) is 32.0 Å². The maximum absolute atomic E-state index is 12.1. The van der Waals surface area contributed by atoms with E-state index in [4.69, 9.17) is 5.11 Å². The Morgan fingerprint density at radius 2 is 1.91 bits per heavy atom. The van der Waals surface area contributed by atoms with Gasteiger partial charge in [0.2, 0.25) is 0 Å². The number of amides is 1. The lowest BCUT2D eigenvalue weighted by Crippen LogP contribution is -2.40. The van der Waals surface area contributed by atoms with Gasteiger partial charge >= 0.3 is 5.97 Å². The Labute approximate surface area is 136 Å². The van der Waals surface area contributed by atoms with Crippen molar-refractivity contribution >= 4 is 27.8 Å². The lowest BCUT2D eigenvalue weighted by Gasteiger charge is -2.16. The van der Waals surface area contributed by atoms with Gasteiger partial charge in [0.15, 0.2) is 0 Å². The van der Waals surface area contributed by atoms with E-state index in [1.165, 1.54) is 0 Å². The van der Waals surface area contributed by atoms with Crippen molar-refractivity contribution in [2.75, 3.05) is 0 Å². The minimum atomic E-state index is -0.951. The van der Waals surface area contributed by atoms with Crippen molar-refractivity contribution in [2.45, 2.75) is 19.9 Å². The number of benzene rings is 1. The molecule has 0 spiro atoms. The summed E-state index contributed by atoms with van der Waals surface area (Å²) in [5.74, 6) is -2.00. The number of aromatic amines is 1. The molecule has 0 radical (unpaired) electrons. The van der Waals surface area contributed by atoms with E-state index >= 15 is 0 Å². The monoisotopic (exact) mass is 365 g/mol. The van der Waals surface area contributed by atoms with Gasteiger partial charge in [0, 0.05) is 16.1 Å². The van der Waals surface area contributed by atoms with E-state index in [9.17, 15) is 9.59 Å². The Morgan fingerprint density at radius 1 is 1.27 bits per heavy atom. The number of carbonyl (C=O) groups is 2. The summed E-state index contributed by atoms with van der Waals surface area (Å²) in [6.07, 6.45) is 0. The van der Waals surface area contributed by atoms with Crippen molar-refractivity contribution in [3.63, 3.8) is 0 Å². The van der Waals surface area contributed by atoms with Crippen molar-refractivity contribution in [3.8, 4) is 11.3 Å². The largest absolute Gasteiger partial charge is 0.481 e. The van der Waals surface area contributed by atoms with E-state index in [0.29, 0.717) is 11.4 Å². The van der Waals surface area contributed by atoms with E-state index in [0.717, 1.165) is 10.0 Å². The third kappa shape index (κ3) is 3.73. The van der Waals surface area contributed by atoms with E-state index in [1.807, 2.05) is 24.3 Å². The maximum atomic E-state index is 12.1. The van der Waals surface area contributed by atoms with Crippen molar-refractivity contribution in [2.24, 2.45) is 5.92 Å². The number of hydrogen-bond donors (Lipinski definition) is 3. The van der Waals surface area contributed by atoms with Crippen molar-refractivity contribution < 1.29 is 14.7 Å². The summed E-state index contributed by atoms with van der Waals surface area (Å²) in [6.45, 7) is 3.20. The normalized spacial score (nSPS) is 13.4. The zero-order chi connectivity index (χ0) is 16.3. The second-order valence-electron chi connectivity index (χ2n) is 5.06. The number of aliphatic carboxylic acids is 1. The summed E-state index contributed by atoms with van der Waals surface area (Å²) >= 11 is 3.36. The Bertz CT molecular complexity index is 682. The molecule has 1 heterocycles. The number of carboxylic acids is 1. The molecule has 1 amide bonds. The molecule has 116 valence electrons. The summed E-state index contributed by atoms with van der Waals surface area (Å²) in [7, 11) is 0. The molecular weight excluding hydrogens is 350 g/mol. The molecule has 0 bridgehead atoms. The Hall–Kier alpha value is -2.15. The molecule has 1 aromatic carbocycles. The van der Waals surface area contributed by atoms with Crippen LogP contribution in [-0.2, 0) is 4.79 Å². The van der Waals surface area contributed by atoms with Gasteiger partial charge in [-0.15, -0.1) is 0 Å². The van der Waals surface area contributed by atoms with Crippen LogP contribution in [0.5, 0.6) is 0 Å². The molecule has 3 N–H and O–H groups in total. The van der Waals surface area contributed by atoms with Crippen molar-refractivity contribution in [1.29, 1.82) is 0 Å². The Morgan fingerprint density at radius 3 is 2.50 bits per heavy atom. The lowest BCUT2D eigenvalue weighted by atomic mass is 10.0. The molecule has 0 saturated heterocycles. The molecule has 6 nitrogen and oxygen atoms in total. The van der Waals surface area contributed by atoms with Crippen LogP contribution in [0.15, 0.2) is 34.8 Å². The number of aromatic nitrogens is 2. The van der Waals surface area contributed by atoms with Gasteiger partial charge in [-0.1, -0.05) is 28.1 Å². The summed E-state index contributed by atoms with van der Waals surface area (Å²) in [6, 6.07) is 8.70. The van der Waals surface area contributed by atoms with Crippen molar-refractivity contribution in [3.05, 3.63) is 40.5 Å². The Balaban J connectivity index is 2.09. The predicted molar refractivity (Wildman–Crippen MR) is 85.5 cm³/mol. The smallest absolute Gasteiger partial charge is 0.308 e.